The number of rotatable bonds is 4. The summed E-state index contributed by atoms with van der Waals surface area (Å²) in [6, 6.07) is 7.71. The van der Waals surface area contributed by atoms with Gasteiger partial charge in [-0.1, -0.05) is 0 Å². The van der Waals surface area contributed by atoms with Crippen molar-refractivity contribution in [3.63, 3.8) is 0 Å². The molecule has 6 nitrogen and oxygen atoms in total. The van der Waals surface area contributed by atoms with Crippen LogP contribution in [0.15, 0.2) is 18.2 Å². The number of ether oxygens (including phenoxy) is 3. The Kier molecular flexibility index (Phi) is 4.26. The van der Waals surface area contributed by atoms with Crippen LogP contribution in [0.1, 0.15) is 25.7 Å². The first-order valence-corrected chi connectivity index (χ1v) is 8.89. The zero-order chi connectivity index (χ0) is 17.3. The van der Waals surface area contributed by atoms with Gasteiger partial charge in [-0.05, 0) is 36.8 Å². The van der Waals surface area contributed by atoms with Gasteiger partial charge in [0, 0.05) is 37.4 Å². The second-order valence-electron chi connectivity index (χ2n) is 6.96. The number of carbonyl (C=O) groups excluding carboxylic acids is 1. The van der Waals surface area contributed by atoms with Gasteiger partial charge in [0.25, 0.3) is 0 Å². The highest BCUT2D eigenvalue weighted by Crippen LogP contribution is 2.60. The molecule has 1 aromatic rings. The minimum Gasteiger partial charge on any atom is -0.486 e. The molecule has 0 bridgehead atoms. The molecular formula is C19H22N2O4. The Labute approximate surface area is 147 Å². The van der Waals surface area contributed by atoms with Crippen molar-refractivity contribution >= 4 is 11.6 Å². The molecule has 6 heteroatoms. The fourth-order valence-electron chi connectivity index (χ4n) is 3.94. The van der Waals surface area contributed by atoms with E-state index in [2.05, 4.69) is 6.07 Å². The predicted octanol–water partition coefficient (Wildman–Crippen LogP) is 2.52. The number of benzene rings is 1. The monoisotopic (exact) mass is 342 g/mol. The molecule has 25 heavy (non-hydrogen) atoms. The van der Waals surface area contributed by atoms with Crippen LogP contribution in [-0.4, -0.2) is 38.9 Å². The Hall–Kier alpha value is -2.26. The third-order valence-electron chi connectivity index (χ3n) is 5.53. The maximum Gasteiger partial charge on any atom is 0.230 e. The lowest BCUT2D eigenvalue weighted by atomic mass is 9.93. The molecule has 132 valence electrons. The first-order chi connectivity index (χ1) is 12.2. The summed E-state index contributed by atoms with van der Waals surface area (Å²) in [5, 5.41) is 8.98. The van der Waals surface area contributed by atoms with E-state index in [4.69, 9.17) is 19.5 Å². The van der Waals surface area contributed by atoms with Crippen molar-refractivity contribution in [2.75, 3.05) is 37.9 Å². The molecule has 1 saturated heterocycles. The first kappa shape index (κ1) is 16.2. The van der Waals surface area contributed by atoms with Crippen LogP contribution < -0.4 is 14.4 Å². The molecule has 0 radical (unpaired) electrons. The number of carbonyl (C=O) groups is 1. The van der Waals surface area contributed by atoms with Crippen molar-refractivity contribution in [1.29, 1.82) is 5.26 Å². The maximum atomic E-state index is 13.2. The molecule has 0 N–H and O–H groups in total. The standard InChI is InChI=1S/C19H22N2O4/c20-6-1-7-21(14-2-3-16-17(12-14)25-11-10-24-16)18(22)15-13-19(15)4-8-23-9-5-19/h2-3,12,15H,1,4-5,7-11,13H2/t15-/m0/s1. The topological polar surface area (TPSA) is 71.8 Å². The summed E-state index contributed by atoms with van der Waals surface area (Å²) < 4.78 is 16.6. The highest BCUT2D eigenvalue weighted by molar-refractivity contribution is 5.97. The fraction of sp³-hybridized carbons (Fsp3) is 0.579. The van der Waals surface area contributed by atoms with E-state index in [9.17, 15) is 4.79 Å². The largest absolute Gasteiger partial charge is 0.486 e. The molecule has 3 aliphatic rings. The molecule has 0 aromatic heterocycles. The second-order valence-corrected chi connectivity index (χ2v) is 6.96. The van der Waals surface area contributed by atoms with Gasteiger partial charge in [-0.15, -0.1) is 0 Å². The third-order valence-corrected chi connectivity index (χ3v) is 5.53. The Morgan fingerprint density at radius 2 is 1.96 bits per heavy atom. The van der Waals surface area contributed by atoms with Crippen LogP contribution in [0.4, 0.5) is 5.69 Å². The average molecular weight is 342 g/mol. The summed E-state index contributed by atoms with van der Waals surface area (Å²) in [6.45, 7) is 2.93. The number of nitrogens with zero attached hydrogens (tertiary/aromatic N) is 2. The second kappa shape index (κ2) is 6.57. The molecule has 1 aromatic carbocycles. The molecule has 2 fully saturated rings. The molecule has 4 rings (SSSR count). The Balaban J connectivity index is 1.56. The van der Waals surface area contributed by atoms with Gasteiger partial charge in [0.2, 0.25) is 5.91 Å². The molecule has 2 aliphatic heterocycles. The van der Waals surface area contributed by atoms with Crippen LogP contribution in [0.5, 0.6) is 11.5 Å². The van der Waals surface area contributed by atoms with Gasteiger partial charge < -0.3 is 19.1 Å². The molecule has 1 saturated carbocycles. The van der Waals surface area contributed by atoms with Crippen LogP contribution in [0.2, 0.25) is 0 Å². The van der Waals surface area contributed by atoms with E-state index in [-0.39, 0.29) is 17.2 Å². The van der Waals surface area contributed by atoms with E-state index in [0.717, 1.165) is 38.2 Å². The number of fused-ring (bicyclic) bond motifs is 1. The highest BCUT2D eigenvalue weighted by Gasteiger charge is 2.59. The molecular weight excluding hydrogens is 320 g/mol. The zero-order valence-electron chi connectivity index (χ0n) is 14.2. The predicted molar refractivity (Wildman–Crippen MR) is 90.6 cm³/mol. The Morgan fingerprint density at radius 1 is 1.20 bits per heavy atom. The highest BCUT2D eigenvalue weighted by atomic mass is 16.6. The lowest BCUT2D eigenvalue weighted by Gasteiger charge is -2.27. The van der Waals surface area contributed by atoms with Crippen LogP contribution in [0.3, 0.4) is 0 Å². The lowest BCUT2D eigenvalue weighted by Crippen LogP contribution is -2.35. The van der Waals surface area contributed by atoms with Crippen molar-refractivity contribution in [3.05, 3.63) is 18.2 Å². The first-order valence-electron chi connectivity index (χ1n) is 8.89. The minimum atomic E-state index is 0.0447. The Morgan fingerprint density at radius 3 is 2.72 bits per heavy atom. The van der Waals surface area contributed by atoms with Crippen LogP contribution in [-0.2, 0) is 9.53 Å². The normalized spacial score (nSPS) is 22.9. The van der Waals surface area contributed by atoms with Crippen LogP contribution >= 0.6 is 0 Å². The number of nitriles is 1. The van der Waals surface area contributed by atoms with Gasteiger partial charge in [0.05, 0.1) is 12.5 Å². The molecule has 1 aliphatic carbocycles. The molecule has 0 unspecified atom stereocenters. The average Bonchev–Trinajstić information content (AvgIpc) is 3.35. The van der Waals surface area contributed by atoms with Crippen molar-refractivity contribution in [2.24, 2.45) is 11.3 Å². The minimum absolute atomic E-state index is 0.0447. The van der Waals surface area contributed by atoms with Gasteiger partial charge in [0.15, 0.2) is 11.5 Å². The fourth-order valence-corrected chi connectivity index (χ4v) is 3.94. The maximum absolute atomic E-state index is 13.2. The van der Waals surface area contributed by atoms with E-state index in [1.165, 1.54) is 0 Å². The zero-order valence-corrected chi connectivity index (χ0v) is 14.2. The summed E-state index contributed by atoms with van der Waals surface area (Å²) in [5.74, 6) is 1.53. The van der Waals surface area contributed by atoms with E-state index in [1.807, 2.05) is 18.2 Å². The molecule has 1 spiro atoms. The third kappa shape index (κ3) is 3.05. The SMILES string of the molecule is N#CCCN(C(=O)[C@@H]1CC12CCOCC2)c1ccc2c(c1)OCCO2. The number of hydrogen-bond acceptors (Lipinski definition) is 5. The van der Waals surface area contributed by atoms with Crippen LogP contribution in [0.25, 0.3) is 0 Å². The van der Waals surface area contributed by atoms with Crippen molar-refractivity contribution in [1.82, 2.24) is 0 Å². The summed E-state index contributed by atoms with van der Waals surface area (Å²) in [4.78, 5) is 14.9. The van der Waals surface area contributed by atoms with Gasteiger partial charge >= 0.3 is 0 Å². The summed E-state index contributed by atoms with van der Waals surface area (Å²) in [7, 11) is 0. The Bertz CT molecular complexity index is 706. The number of amides is 1. The van der Waals surface area contributed by atoms with Gasteiger partial charge in [-0.3, -0.25) is 4.79 Å². The van der Waals surface area contributed by atoms with E-state index in [0.29, 0.717) is 37.7 Å². The lowest BCUT2D eigenvalue weighted by molar-refractivity contribution is -0.121. The summed E-state index contributed by atoms with van der Waals surface area (Å²) in [6.07, 6.45) is 3.15. The summed E-state index contributed by atoms with van der Waals surface area (Å²) >= 11 is 0. The van der Waals surface area contributed by atoms with Gasteiger partial charge in [-0.25, -0.2) is 0 Å². The van der Waals surface area contributed by atoms with E-state index in [1.54, 1.807) is 4.90 Å². The number of hydrogen-bond donors (Lipinski definition) is 0. The van der Waals surface area contributed by atoms with E-state index >= 15 is 0 Å². The number of anilines is 1. The van der Waals surface area contributed by atoms with Crippen molar-refractivity contribution < 1.29 is 19.0 Å². The molecule has 1 amide bonds. The van der Waals surface area contributed by atoms with Gasteiger partial charge in [0.1, 0.15) is 13.2 Å². The van der Waals surface area contributed by atoms with E-state index < -0.39 is 0 Å². The quantitative estimate of drug-likeness (QED) is 0.841. The summed E-state index contributed by atoms with van der Waals surface area (Å²) in [5.41, 5.74) is 0.896. The van der Waals surface area contributed by atoms with Gasteiger partial charge in [-0.2, -0.15) is 5.26 Å². The van der Waals surface area contributed by atoms with Crippen molar-refractivity contribution in [2.45, 2.75) is 25.7 Å². The van der Waals surface area contributed by atoms with Crippen LogP contribution in [0, 0.1) is 22.7 Å². The molecule has 1 atom stereocenters. The smallest absolute Gasteiger partial charge is 0.230 e. The van der Waals surface area contributed by atoms with Crippen molar-refractivity contribution in [3.8, 4) is 17.6 Å². The molecule has 2 heterocycles.